The Kier molecular flexibility index (Phi) is 4.40. The van der Waals surface area contributed by atoms with Crippen LogP contribution in [0.1, 0.15) is 12.8 Å². The standard InChI is InChI=1S/C11H17N3O2S.ClH/c15-10-5-13(3-4-14(10)8-1-2-8)11(16)9-6-17-7-12-9;/h8-9,12H,1-7H2;1H. The van der Waals surface area contributed by atoms with Gasteiger partial charge >= 0.3 is 0 Å². The zero-order chi connectivity index (χ0) is 11.8. The number of nitrogens with one attached hydrogen (secondary N) is 1. The number of piperazine rings is 1. The summed E-state index contributed by atoms with van der Waals surface area (Å²) in [5.74, 6) is 1.89. The molecule has 7 heteroatoms. The summed E-state index contributed by atoms with van der Waals surface area (Å²) in [6.07, 6.45) is 2.28. The summed E-state index contributed by atoms with van der Waals surface area (Å²) >= 11 is 1.74. The van der Waals surface area contributed by atoms with Gasteiger partial charge in [-0.15, -0.1) is 24.2 Å². The Labute approximate surface area is 117 Å². The monoisotopic (exact) mass is 291 g/mol. The van der Waals surface area contributed by atoms with Crippen molar-refractivity contribution in [3.8, 4) is 0 Å². The maximum Gasteiger partial charge on any atom is 0.242 e. The summed E-state index contributed by atoms with van der Waals surface area (Å²) in [6.45, 7) is 1.69. The lowest BCUT2D eigenvalue weighted by molar-refractivity contribution is -0.146. The average molecular weight is 292 g/mol. The van der Waals surface area contributed by atoms with E-state index in [0.29, 0.717) is 12.6 Å². The molecule has 5 nitrogen and oxygen atoms in total. The van der Waals surface area contributed by atoms with Crippen molar-refractivity contribution in [3.63, 3.8) is 0 Å². The first kappa shape index (κ1) is 14.0. The molecule has 3 rings (SSSR count). The van der Waals surface area contributed by atoms with E-state index in [2.05, 4.69) is 5.32 Å². The van der Waals surface area contributed by atoms with Gasteiger partial charge < -0.3 is 9.80 Å². The third kappa shape index (κ3) is 2.75. The van der Waals surface area contributed by atoms with Crippen molar-refractivity contribution >= 4 is 36.0 Å². The molecule has 0 spiro atoms. The topological polar surface area (TPSA) is 52.7 Å². The van der Waals surface area contributed by atoms with Crippen LogP contribution in [-0.2, 0) is 9.59 Å². The molecule has 0 aromatic rings. The molecule has 1 unspecified atom stereocenters. The van der Waals surface area contributed by atoms with Crippen molar-refractivity contribution in [3.05, 3.63) is 0 Å². The van der Waals surface area contributed by atoms with Gasteiger partial charge in [-0.3, -0.25) is 14.9 Å². The van der Waals surface area contributed by atoms with Gasteiger partial charge in [-0.2, -0.15) is 0 Å². The molecule has 0 aromatic heterocycles. The molecule has 3 aliphatic rings. The van der Waals surface area contributed by atoms with E-state index < -0.39 is 0 Å². The van der Waals surface area contributed by atoms with Crippen LogP contribution in [0.25, 0.3) is 0 Å². The van der Waals surface area contributed by atoms with Crippen LogP contribution in [0, 0.1) is 0 Å². The molecule has 2 heterocycles. The van der Waals surface area contributed by atoms with Crippen LogP contribution in [0.15, 0.2) is 0 Å². The van der Waals surface area contributed by atoms with Crippen molar-refractivity contribution < 1.29 is 9.59 Å². The van der Waals surface area contributed by atoms with E-state index in [1.54, 1.807) is 16.7 Å². The van der Waals surface area contributed by atoms with Gasteiger partial charge in [-0.25, -0.2) is 0 Å². The third-order valence-corrected chi connectivity index (χ3v) is 4.51. The largest absolute Gasteiger partial charge is 0.336 e. The summed E-state index contributed by atoms with van der Waals surface area (Å²) in [7, 11) is 0. The number of carbonyl (C=O) groups excluding carboxylic acids is 2. The quantitative estimate of drug-likeness (QED) is 0.772. The minimum Gasteiger partial charge on any atom is -0.336 e. The van der Waals surface area contributed by atoms with E-state index in [9.17, 15) is 9.59 Å². The Hall–Kier alpha value is -0.460. The van der Waals surface area contributed by atoms with Crippen molar-refractivity contribution in [2.75, 3.05) is 31.3 Å². The Morgan fingerprint density at radius 1 is 1.33 bits per heavy atom. The first-order valence-electron chi connectivity index (χ1n) is 6.15. The molecule has 102 valence electrons. The number of rotatable bonds is 2. The van der Waals surface area contributed by atoms with Crippen LogP contribution >= 0.6 is 24.2 Å². The number of nitrogens with zero attached hydrogens (tertiary/aromatic N) is 2. The predicted molar refractivity (Wildman–Crippen MR) is 72.8 cm³/mol. The molecule has 3 fully saturated rings. The van der Waals surface area contributed by atoms with Crippen LogP contribution in [0.3, 0.4) is 0 Å². The van der Waals surface area contributed by atoms with Crippen molar-refractivity contribution in [2.24, 2.45) is 0 Å². The highest BCUT2D eigenvalue weighted by Gasteiger charge is 2.38. The van der Waals surface area contributed by atoms with Crippen molar-refractivity contribution in [2.45, 2.75) is 24.9 Å². The average Bonchev–Trinajstić information content (AvgIpc) is 3.02. The van der Waals surface area contributed by atoms with Crippen molar-refractivity contribution in [1.82, 2.24) is 15.1 Å². The highest BCUT2D eigenvalue weighted by Crippen LogP contribution is 2.28. The molecule has 0 radical (unpaired) electrons. The SMILES string of the molecule is Cl.O=C(C1CSCN1)N1CCN(C2CC2)C(=O)C1. The van der Waals surface area contributed by atoms with Gasteiger partial charge in [0, 0.05) is 30.8 Å². The molecule has 2 saturated heterocycles. The van der Waals surface area contributed by atoms with Crippen LogP contribution < -0.4 is 5.32 Å². The second-order valence-corrected chi connectivity index (χ2v) is 5.88. The summed E-state index contributed by atoms with van der Waals surface area (Å²) in [5.41, 5.74) is 0. The molecule has 2 aliphatic heterocycles. The maximum atomic E-state index is 12.1. The van der Waals surface area contributed by atoms with Gasteiger partial charge in [-0.1, -0.05) is 0 Å². The number of hydrogen-bond acceptors (Lipinski definition) is 4. The third-order valence-electron chi connectivity index (χ3n) is 3.57. The van der Waals surface area contributed by atoms with E-state index in [-0.39, 0.29) is 36.8 Å². The summed E-state index contributed by atoms with van der Waals surface area (Å²) in [5, 5.41) is 3.16. The molecule has 2 amide bonds. The Morgan fingerprint density at radius 2 is 2.11 bits per heavy atom. The molecule has 0 aromatic carbocycles. The number of hydrogen-bond donors (Lipinski definition) is 1. The summed E-state index contributed by atoms with van der Waals surface area (Å²) in [6, 6.07) is 0.389. The predicted octanol–water partition coefficient (Wildman–Crippen LogP) is -0.0961. The van der Waals surface area contributed by atoms with E-state index in [1.807, 2.05) is 4.90 Å². The van der Waals surface area contributed by atoms with Crippen LogP contribution in [0.4, 0.5) is 0 Å². The lowest BCUT2D eigenvalue weighted by Gasteiger charge is -2.35. The van der Waals surface area contributed by atoms with E-state index in [0.717, 1.165) is 31.0 Å². The fourth-order valence-electron chi connectivity index (χ4n) is 2.42. The second kappa shape index (κ2) is 5.67. The molecule has 1 atom stereocenters. The Balaban J connectivity index is 0.00000120. The van der Waals surface area contributed by atoms with Gasteiger partial charge in [-0.05, 0) is 12.8 Å². The molecule has 18 heavy (non-hydrogen) atoms. The first-order chi connectivity index (χ1) is 8.25. The van der Waals surface area contributed by atoms with Crippen LogP contribution in [-0.4, -0.2) is 65.0 Å². The number of thioether (sulfide) groups is 1. The summed E-state index contributed by atoms with van der Waals surface area (Å²) < 4.78 is 0. The number of halogens is 1. The van der Waals surface area contributed by atoms with Gasteiger partial charge in [0.05, 0.1) is 12.6 Å². The lowest BCUT2D eigenvalue weighted by atomic mass is 10.2. The summed E-state index contributed by atoms with van der Waals surface area (Å²) in [4.78, 5) is 27.7. The molecule has 0 bridgehead atoms. The molecule has 1 saturated carbocycles. The number of amides is 2. The fraction of sp³-hybridized carbons (Fsp3) is 0.818. The molecule has 1 aliphatic carbocycles. The Morgan fingerprint density at radius 3 is 2.67 bits per heavy atom. The molecular weight excluding hydrogens is 274 g/mol. The normalized spacial score (nSPS) is 28.2. The second-order valence-electron chi connectivity index (χ2n) is 4.85. The van der Waals surface area contributed by atoms with E-state index in [4.69, 9.17) is 0 Å². The molecular formula is C11H18ClN3O2S. The zero-order valence-electron chi connectivity index (χ0n) is 10.1. The molecule has 1 N–H and O–H groups in total. The number of carbonyl (C=O) groups is 2. The minimum absolute atomic E-state index is 0. The van der Waals surface area contributed by atoms with Crippen LogP contribution in [0.5, 0.6) is 0 Å². The lowest BCUT2D eigenvalue weighted by Crippen LogP contribution is -2.56. The fourth-order valence-corrected chi connectivity index (χ4v) is 3.35. The van der Waals surface area contributed by atoms with Crippen molar-refractivity contribution in [1.29, 1.82) is 0 Å². The maximum absolute atomic E-state index is 12.1. The zero-order valence-corrected chi connectivity index (χ0v) is 11.8. The highest BCUT2D eigenvalue weighted by atomic mass is 35.5. The van der Waals surface area contributed by atoms with Gasteiger partial charge in [0.2, 0.25) is 11.8 Å². The highest BCUT2D eigenvalue weighted by molar-refractivity contribution is 7.99. The van der Waals surface area contributed by atoms with E-state index >= 15 is 0 Å². The first-order valence-corrected chi connectivity index (χ1v) is 7.30. The van der Waals surface area contributed by atoms with Crippen LogP contribution in [0.2, 0.25) is 0 Å². The van der Waals surface area contributed by atoms with Gasteiger partial charge in [0.15, 0.2) is 0 Å². The van der Waals surface area contributed by atoms with Gasteiger partial charge in [0.25, 0.3) is 0 Å². The Bertz CT molecular complexity index is 345. The smallest absolute Gasteiger partial charge is 0.242 e. The van der Waals surface area contributed by atoms with E-state index in [1.165, 1.54) is 0 Å². The van der Waals surface area contributed by atoms with Gasteiger partial charge in [0.1, 0.15) is 0 Å². The minimum atomic E-state index is -0.0831.